The van der Waals surface area contributed by atoms with E-state index in [2.05, 4.69) is 5.32 Å². The number of rotatable bonds is 5. The van der Waals surface area contributed by atoms with Crippen molar-refractivity contribution in [3.05, 3.63) is 42.0 Å². The normalized spacial score (nSPS) is 16.9. The fraction of sp³-hybridized carbons (Fsp3) is 0.353. The molecule has 22 heavy (non-hydrogen) atoms. The number of carbonyl (C=O) groups excluding carboxylic acids is 3. The van der Waals surface area contributed by atoms with Crippen LogP contribution in [0, 0.1) is 5.92 Å². The van der Waals surface area contributed by atoms with E-state index in [0.717, 1.165) is 12.8 Å². The molecule has 1 atom stereocenters. The number of anilines is 1. The van der Waals surface area contributed by atoms with Gasteiger partial charge in [0.15, 0.2) is 12.4 Å². The molecule has 0 aliphatic heterocycles. The lowest BCUT2D eigenvalue weighted by atomic mass is 9.95. The topological polar surface area (TPSA) is 72.5 Å². The Bertz CT molecular complexity index is 606. The van der Waals surface area contributed by atoms with Crippen LogP contribution in [0.25, 0.3) is 0 Å². The van der Waals surface area contributed by atoms with E-state index in [9.17, 15) is 14.4 Å². The second kappa shape index (κ2) is 7.54. The monoisotopic (exact) mass is 301 g/mol. The van der Waals surface area contributed by atoms with Gasteiger partial charge in [-0.25, -0.2) is 0 Å². The van der Waals surface area contributed by atoms with E-state index in [1.165, 1.54) is 6.92 Å². The maximum Gasteiger partial charge on any atom is 0.309 e. The van der Waals surface area contributed by atoms with Crippen LogP contribution in [0.2, 0.25) is 0 Å². The summed E-state index contributed by atoms with van der Waals surface area (Å²) < 4.78 is 5.04. The van der Waals surface area contributed by atoms with Gasteiger partial charge in [-0.1, -0.05) is 24.3 Å². The number of allylic oxidation sites excluding steroid dienone is 2. The van der Waals surface area contributed by atoms with Crippen molar-refractivity contribution in [3.8, 4) is 0 Å². The highest BCUT2D eigenvalue weighted by Crippen LogP contribution is 2.19. The quantitative estimate of drug-likeness (QED) is 0.515. The SMILES string of the molecule is CC(=O)c1cccc(NC(=O)COC(=O)[C@@H]2CC=CCC2)c1. The number of ketones is 1. The standard InChI is InChI=1S/C17H19NO4/c1-12(19)14-8-5-9-15(10-14)18-16(20)11-22-17(21)13-6-3-2-4-7-13/h2-3,5,8-10,13H,4,6-7,11H2,1H3,(H,18,20)/t13-/m1/s1. The first-order chi connectivity index (χ1) is 10.6. The molecule has 0 bridgehead atoms. The molecule has 0 unspecified atom stereocenters. The van der Waals surface area contributed by atoms with E-state index in [-0.39, 0.29) is 24.3 Å². The van der Waals surface area contributed by atoms with Crippen LogP contribution in [0.3, 0.4) is 0 Å². The van der Waals surface area contributed by atoms with Gasteiger partial charge in [0, 0.05) is 11.3 Å². The zero-order valence-electron chi connectivity index (χ0n) is 12.5. The number of esters is 1. The molecule has 1 amide bonds. The largest absolute Gasteiger partial charge is 0.455 e. The molecular weight excluding hydrogens is 282 g/mol. The highest BCUT2D eigenvalue weighted by atomic mass is 16.5. The third-order valence-electron chi connectivity index (χ3n) is 3.50. The molecule has 1 N–H and O–H groups in total. The van der Waals surface area contributed by atoms with Gasteiger partial charge in [0.2, 0.25) is 0 Å². The van der Waals surface area contributed by atoms with E-state index in [1.807, 2.05) is 12.2 Å². The van der Waals surface area contributed by atoms with Crippen molar-refractivity contribution in [3.63, 3.8) is 0 Å². The first kappa shape index (κ1) is 15.9. The molecule has 0 spiro atoms. The van der Waals surface area contributed by atoms with Gasteiger partial charge >= 0.3 is 5.97 Å². The first-order valence-electron chi connectivity index (χ1n) is 7.29. The Kier molecular flexibility index (Phi) is 5.47. The van der Waals surface area contributed by atoms with Gasteiger partial charge in [0.1, 0.15) is 0 Å². The minimum atomic E-state index is -0.416. The number of hydrogen-bond donors (Lipinski definition) is 1. The second-order valence-corrected chi connectivity index (χ2v) is 5.27. The van der Waals surface area contributed by atoms with Crippen molar-refractivity contribution in [1.29, 1.82) is 0 Å². The first-order valence-corrected chi connectivity index (χ1v) is 7.29. The number of hydrogen-bond acceptors (Lipinski definition) is 4. The average Bonchev–Trinajstić information content (AvgIpc) is 2.53. The molecule has 1 aromatic rings. The maximum absolute atomic E-state index is 11.8. The third-order valence-corrected chi connectivity index (χ3v) is 3.50. The summed E-state index contributed by atoms with van der Waals surface area (Å²) in [5, 5.41) is 2.61. The zero-order valence-corrected chi connectivity index (χ0v) is 12.5. The molecule has 5 heteroatoms. The Balaban J connectivity index is 1.82. The van der Waals surface area contributed by atoms with Crippen molar-refractivity contribution in [2.75, 3.05) is 11.9 Å². The number of nitrogens with one attached hydrogen (secondary N) is 1. The Morgan fingerprint density at radius 1 is 1.27 bits per heavy atom. The number of carbonyl (C=O) groups is 3. The van der Waals surface area contributed by atoms with Crippen molar-refractivity contribution in [2.24, 2.45) is 5.92 Å². The molecule has 1 aromatic carbocycles. The minimum absolute atomic E-state index is 0.0760. The van der Waals surface area contributed by atoms with E-state index in [4.69, 9.17) is 4.74 Å². The molecule has 5 nitrogen and oxygen atoms in total. The predicted molar refractivity (Wildman–Crippen MR) is 82.5 cm³/mol. The van der Waals surface area contributed by atoms with E-state index < -0.39 is 5.91 Å². The third kappa shape index (κ3) is 4.55. The zero-order chi connectivity index (χ0) is 15.9. The fourth-order valence-electron chi connectivity index (χ4n) is 2.28. The van der Waals surface area contributed by atoms with Crippen LogP contribution in [0.15, 0.2) is 36.4 Å². The maximum atomic E-state index is 11.8. The summed E-state index contributed by atoms with van der Waals surface area (Å²) in [5.74, 6) is -0.982. The average molecular weight is 301 g/mol. The summed E-state index contributed by atoms with van der Waals surface area (Å²) in [4.78, 5) is 34.9. The number of ether oxygens (including phenoxy) is 1. The molecule has 2 rings (SSSR count). The van der Waals surface area contributed by atoms with Crippen LogP contribution in [0.5, 0.6) is 0 Å². The van der Waals surface area contributed by atoms with Crippen LogP contribution in [0.1, 0.15) is 36.5 Å². The molecule has 0 saturated heterocycles. The molecule has 1 aliphatic carbocycles. The Hall–Kier alpha value is -2.43. The number of amides is 1. The summed E-state index contributed by atoms with van der Waals surface area (Å²) in [6.07, 6.45) is 6.30. The summed E-state index contributed by atoms with van der Waals surface area (Å²) in [6, 6.07) is 6.63. The Labute approximate surface area is 129 Å². The van der Waals surface area contributed by atoms with Crippen LogP contribution in [0.4, 0.5) is 5.69 Å². The van der Waals surface area contributed by atoms with Crippen LogP contribution in [-0.2, 0) is 14.3 Å². The second-order valence-electron chi connectivity index (χ2n) is 5.27. The molecule has 0 fully saturated rings. The Morgan fingerprint density at radius 2 is 2.09 bits per heavy atom. The van der Waals surface area contributed by atoms with Crippen molar-refractivity contribution in [1.82, 2.24) is 0 Å². The summed E-state index contributed by atoms with van der Waals surface area (Å²) in [7, 11) is 0. The van der Waals surface area contributed by atoms with Gasteiger partial charge in [0.25, 0.3) is 5.91 Å². The summed E-state index contributed by atoms with van der Waals surface area (Å²) >= 11 is 0. The number of Topliss-reactive ketones (excluding diaryl/α,β-unsaturated/α-hetero) is 1. The molecular formula is C17H19NO4. The van der Waals surface area contributed by atoms with Crippen LogP contribution in [-0.4, -0.2) is 24.3 Å². The molecule has 0 aromatic heterocycles. The summed E-state index contributed by atoms with van der Waals surface area (Å²) in [5.41, 5.74) is 1.03. The van der Waals surface area contributed by atoms with E-state index in [0.29, 0.717) is 17.7 Å². The lowest BCUT2D eigenvalue weighted by molar-refractivity contribution is -0.151. The molecule has 0 saturated carbocycles. The highest BCUT2D eigenvalue weighted by molar-refractivity contribution is 5.97. The molecule has 116 valence electrons. The van der Waals surface area contributed by atoms with E-state index in [1.54, 1.807) is 24.3 Å². The lowest BCUT2D eigenvalue weighted by Crippen LogP contribution is -2.25. The van der Waals surface area contributed by atoms with Crippen molar-refractivity contribution < 1.29 is 19.1 Å². The van der Waals surface area contributed by atoms with Crippen LogP contribution >= 0.6 is 0 Å². The summed E-state index contributed by atoms with van der Waals surface area (Å²) in [6.45, 7) is 1.14. The van der Waals surface area contributed by atoms with Crippen molar-refractivity contribution >= 4 is 23.3 Å². The van der Waals surface area contributed by atoms with Gasteiger partial charge in [-0.15, -0.1) is 0 Å². The lowest BCUT2D eigenvalue weighted by Gasteiger charge is -2.16. The van der Waals surface area contributed by atoms with Crippen molar-refractivity contribution in [2.45, 2.75) is 26.2 Å². The fourth-order valence-corrected chi connectivity index (χ4v) is 2.28. The van der Waals surface area contributed by atoms with Gasteiger partial charge in [-0.05, 0) is 38.3 Å². The Morgan fingerprint density at radius 3 is 2.77 bits per heavy atom. The van der Waals surface area contributed by atoms with Crippen LogP contribution < -0.4 is 5.32 Å². The van der Waals surface area contributed by atoms with Gasteiger partial charge in [-0.3, -0.25) is 14.4 Å². The molecule has 0 radical (unpaired) electrons. The molecule has 1 aliphatic rings. The van der Waals surface area contributed by atoms with Gasteiger partial charge in [0.05, 0.1) is 5.92 Å². The number of benzene rings is 1. The molecule has 0 heterocycles. The van der Waals surface area contributed by atoms with Gasteiger partial charge < -0.3 is 10.1 Å². The smallest absolute Gasteiger partial charge is 0.309 e. The minimum Gasteiger partial charge on any atom is -0.455 e. The van der Waals surface area contributed by atoms with E-state index >= 15 is 0 Å². The predicted octanol–water partition coefficient (Wildman–Crippen LogP) is 2.73. The van der Waals surface area contributed by atoms with Gasteiger partial charge in [-0.2, -0.15) is 0 Å². The highest BCUT2D eigenvalue weighted by Gasteiger charge is 2.20.